The highest BCUT2D eigenvalue weighted by atomic mass is 35.5. The molecule has 1 heterocycles. The van der Waals surface area contributed by atoms with Crippen molar-refractivity contribution in [2.75, 3.05) is 6.61 Å². The van der Waals surface area contributed by atoms with Gasteiger partial charge >= 0.3 is 0 Å². The van der Waals surface area contributed by atoms with Crippen LogP contribution in [-0.2, 0) is 6.54 Å². The predicted molar refractivity (Wildman–Crippen MR) is 85.9 cm³/mol. The number of benzene rings is 1. The molecule has 0 N–H and O–H groups in total. The quantitative estimate of drug-likeness (QED) is 0.783. The van der Waals surface area contributed by atoms with E-state index in [0.717, 1.165) is 11.6 Å². The Balaban J connectivity index is 1.43. The van der Waals surface area contributed by atoms with Gasteiger partial charge in [-0.1, -0.05) is 23.2 Å². The van der Waals surface area contributed by atoms with E-state index in [2.05, 4.69) is 5.10 Å². The molecule has 0 saturated heterocycles. The molecule has 1 aromatic heterocycles. The Bertz CT molecular complexity index is 693. The molecule has 2 saturated carbocycles. The van der Waals surface area contributed by atoms with E-state index in [9.17, 15) is 0 Å². The fourth-order valence-electron chi connectivity index (χ4n) is 2.52. The van der Waals surface area contributed by atoms with Crippen molar-refractivity contribution in [1.82, 2.24) is 14.8 Å². The van der Waals surface area contributed by atoms with Gasteiger partial charge in [0, 0.05) is 22.9 Å². The summed E-state index contributed by atoms with van der Waals surface area (Å²) in [5, 5.41) is 5.86. The first-order chi connectivity index (χ1) is 10.7. The van der Waals surface area contributed by atoms with Gasteiger partial charge in [0.1, 0.15) is 18.2 Å². The standard InChI is InChI=1S/C16H17Cl2N3O/c17-12-5-6-13(18)14(9-12)22-8-7-21-16(11-3-4-11)19-15(20-21)10-1-2-10/h5-6,9-11H,1-4,7-8H2. The summed E-state index contributed by atoms with van der Waals surface area (Å²) in [6, 6.07) is 5.24. The molecule has 0 amide bonds. The lowest BCUT2D eigenvalue weighted by Gasteiger charge is -2.09. The van der Waals surface area contributed by atoms with E-state index in [0.29, 0.717) is 40.8 Å². The maximum Gasteiger partial charge on any atom is 0.154 e. The fraction of sp³-hybridized carbons (Fsp3) is 0.500. The van der Waals surface area contributed by atoms with Gasteiger partial charge in [0.25, 0.3) is 0 Å². The van der Waals surface area contributed by atoms with Crippen LogP contribution in [0.5, 0.6) is 5.75 Å². The highest BCUT2D eigenvalue weighted by Gasteiger charge is 2.34. The highest BCUT2D eigenvalue weighted by Crippen LogP contribution is 2.42. The van der Waals surface area contributed by atoms with E-state index < -0.39 is 0 Å². The molecule has 0 spiro atoms. The Morgan fingerprint density at radius 1 is 1.14 bits per heavy atom. The van der Waals surface area contributed by atoms with E-state index in [1.165, 1.54) is 25.7 Å². The molecule has 2 aliphatic carbocycles. The minimum absolute atomic E-state index is 0.507. The molecule has 4 nitrogen and oxygen atoms in total. The average molecular weight is 338 g/mol. The van der Waals surface area contributed by atoms with Crippen LogP contribution in [0.15, 0.2) is 18.2 Å². The van der Waals surface area contributed by atoms with E-state index in [1.54, 1.807) is 18.2 Å². The molecule has 4 rings (SSSR count). The van der Waals surface area contributed by atoms with E-state index >= 15 is 0 Å². The number of halogens is 2. The van der Waals surface area contributed by atoms with E-state index in [1.807, 2.05) is 4.68 Å². The Morgan fingerprint density at radius 3 is 2.64 bits per heavy atom. The molecule has 2 fully saturated rings. The van der Waals surface area contributed by atoms with Gasteiger partial charge < -0.3 is 4.74 Å². The predicted octanol–water partition coefficient (Wildman–Crippen LogP) is 4.42. The minimum Gasteiger partial charge on any atom is -0.490 e. The molecule has 0 aliphatic heterocycles. The van der Waals surface area contributed by atoms with Gasteiger partial charge in [-0.15, -0.1) is 0 Å². The second-order valence-corrected chi connectivity index (χ2v) is 6.87. The summed E-state index contributed by atoms with van der Waals surface area (Å²) < 4.78 is 7.77. The molecule has 0 unspecified atom stereocenters. The molecule has 0 radical (unpaired) electrons. The second-order valence-electron chi connectivity index (χ2n) is 6.02. The lowest BCUT2D eigenvalue weighted by molar-refractivity contribution is 0.288. The van der Waals surface area contributed by atoms with Crippen LogP contribution in [0.4, 0.5) is 0 Å². The molecule has 6 heteroatoms. The van der Waals surface area contributed by atoms with Gasteiger partial charge in [-0.25, -0.2) is 9.67 Å². The SMILES string of the molecule is Clc1ccc(Cl)c(OCCn2nc(C3CC3)nc2C2CC2)c1. The monoisotopic (exact) mass is 337 g/mol. The van der Waals surface area contributed by atoms with Crippen molar-refractivity contribution in [3.05, 3.63) is 39.9 Å². The van der Waals surface area contributed by atoms with E-state index in [-0.39, 0.29) is 0 Å². The smallest absolute Gasteiger partial charge is 0.154 e. The zero-order chi connectivity index (χ0) is 15.1. The van der Waals surface area contributed by atoms with Crippen molar-refractivity contribution < 1.29 is 4.74 Å². The van der Waals surface area contributed by atoms with Gasteiger partial charge in [0.15, 0.2) is 5.82 Å². The summed E-state index contributed by atoms with van der Waals surface area (Å²) in [5.41, 5.74) is 0. The Hall–Kier alpha value is -1.26. The Morgan fingerprint density at radius 2 is 1.91 bits per heavy atom. The topological polar surface area (TPSA) is 39.9 Å². The van der Waals surface area contributed by atoms with Gasteiger partial charge in [0.2, 0.25) is 0 Å². The van der Waals surface area contributed by atoms with Crippen LogP contribution in [0.3, 0.4) is 0 Å². The summed E-state index contributed by atoms with van der Waals surface area (Å²) in [6.45, 7) is 1.20. The first-order valence-electron chi connectivity index (χ1n) is 7.73. The summed E-state index contributed by atoms with van der Waals surface area (Å²) in [6.07, 6.45) is 4.90. The first kappa shape index (κ1) is 14.3. The molecule has 0 bridgehead atoms. The largest absolute Gasteiger partial charge is 0.490 e. The number of hydrogen-bond acceptors (Lipinski definition) is 3. The first-order valence-corrected chi connectivity index (χ1v) is 8.49. The van der Waals surface area contributed by atoms with Crippen LogP contribution >= 0.6 is 23.2 Å². The summed E-state index contributed by atoms with van der Waals surface area (Å²) >= 11 is 12.1. The molecular weight excluding hydrogens is 321 g/mol. The van der Waals surface area contributed by atoms with Crippen molar-refractivity contribution in [1.29, 1.82) is 0 Å². The van der Waals surface area contributed by atoms with Crippen molar-refractivity contribution in [3.63, 3.8) is 0 Å². The van der Waals surface area contributed by atoms with Gasteiger partial charge in [-0.3, -0.25) is 0 Å². The number of aromatic nitrogens is 3. The van der Waals surface area contributed by atoms with Crippen molar-refractivity contribution in [2.45, 2.75) is 44.1 Å². The van der Waals surface area contributed by atoms with Crippen LogP contribution in [0, 0.1) is 0 Å². The third kappa shape index (κ3) is 3.08. The van der Waals surface area contributed by atoms with Gasteiger partial charge in [-0.2, -0.15) is 5.10 Å². The third-order valence-corrected chi connectivity index (χ3v) is 4.60. The maximum atomic E-state index is 6.11. The average Bonchev–Trinajstić information content (AvgIpc) is 3.41. The minimum atomic E-state index is 0.507. The zero-order valence-electron chi connectivity index (χ0n) is 12.1. The molecule has 2 aliphatic rings. The van der Waals surface area contributed by atoms with Crippen molar-refractivity contribution in [2.24, 2.45) is 0 Å². The molecule has 116 valence electrons. The lowest BCUT2D eigenvalue weighted by atomic mass is 10.3. The number of ether oxygens (including phenoxy) is 1. The number of hydrogen-bond donors (Lipinski definition) is 0. The zero-order valence-corrected chi connectivity index (χ0v) is 13.6. The van der Waals surface area contributed by atoms with E-state index in [4.69, 9.17) is 32.9 Å². The summed E-state index contributed by atoms with van der Waals surface area (Å²) in [5.74, 6) is 3.94. The summed E-state index contributed by atoms with van der Waals surface area (Å²) in [4.78, 5) is 4.74. The normalized spacial score (nSPS) is 17.7. The summed E-state index contributed by atoms with van der Waals surface area (Å²) in [7, 11) is 0. The van der Waals surface area contributed by atoms with Crippen LogP contribution in [-0.4, -0.2) is 21.4 Å². The highest BCUT2D eigenvalue weighted by molar-refractivity contribution is 6.34. The molecule has 2 aromatic rings. The van der Waals surface area contributed by atoms with Crippen LogP contribution in [0.2, 0.25) is 10.0 Å². The van der Waals surface area contributed by atoms with Crippen LogP contribution in [0.25, 0.3) is 0 Å². The molecule has 1 aromatic carbocycles. The Kier molecular flexibility index (Phi) is 3.74. The second kappa shape index (κ2) is 5.74. The fourth-order valence-corrected chi connectivity index (χ4v) is 2.86. The van der Waals surface area contributed by atoms with Crippen molar-refractivity contribution >= 4 is 23.2 Å². The van der Waals surface area contributed by atoms with Gasteiger partial charge in [-0.05, 0) is 37.8 Å². The third-order valence-electron chi connectivity index (χ3n) is 4.06. The van der Waals surface area contributed by atoms with Crippen LogP contribution in [0.1, 0.15) is 49.2 Å². The molecular formula is C16H17Cl2N3O. The van der Waals surface area contributed by atoms with Gasteiger partial charge in [0.05, 0.1) is 11.6 Å². The molecule has 0 atom stereocenters. The van der Waals surface area contributed by atoms with Crippen molar-refractivity contribution in [3.8, 4) is 5.75 Å². The lowest BCUT2D eigenvalue weighted by Crippen LogP contribution is -2.12. The number of rotatable bonds is 6. The number of nitrogens with zero attached hydrogens (tertiary/aromatic N) is 3. The maximum absolute atomic E-state index is 6.11. The molecule has 22 heavy (non-hydrogen) atoms. The Labute approximate surface area is 139 Å². The van der Waals surface area contributed by atoms with Crippen LogP contribution < -0.4 is 4.74 Å².